The van der Waals surface area contributed by atoms with Crippen LogP contribution in [0.2, 0.25) is 0 Å². The number of fused-ring (bicyclic) bond motifs is 1. The molecule has 0 unspecified atom stereocenters. The average Bonchev–Trinajstić information content (AvgIpc) is 3.16. The van der Waals surface area contributed by atoms with Gasteiger partial charge in [-0.2, -0.15) is 4.68 Å². The van der Waals surface area contributed by atoms with Crippen molar-refractivity contribution in [2.45, 2.75) is 5.16 Å². The Labute approximate surface area is 168 Å². The molecular weight excluding hydrogens is 426 g/mol. The molecule has 134 valence electrons. The van der Waals surface area contributed by atoms with Gasteiger partial charge in [-0.05, 0) is 46.1 Å². The van der Waals surface area contributed by atoms with Gasteiger partial charge in [-0.25, -0.2) is 0 Å². The number of carbonyl (C=O) groups is 1. The molecule has 4 rings (SSSR count). The Bertz CT molecular complexity index is 1090. The first-order chi connectivity index (χ1) is 13.2. The Kier molecular flexibility index (Phi) is 5.17. The van der Waals surface area contributed by atoms with Crippen molar-refractivity contribution < 1.29 is 4.79 Å². The van der Waals surface area contributed by atoms with E-state index in [1.807, 2.05) is 66.7 Å². The first-order valence-electron chi connectivity index (χ1n) is 8.15. The molecule has 0 saturated heterocycles. The number of halogens is 1. The van der Waals surface area contributed by atoms with E-state index in [1.54, 1.807) is 4.68 Å². The number of carbonyl (C=O) groups excluding carboxylic acids is 1. The van der Waals surface area contributed by atoms with Gasteiger partial charge in [0.2, 0.25) is 11.1 Å². The van der Waals surface area contributed by atoms with Crippen LogP contribution in [0, 0.1) is 0 Å². The number of hydrogen-bond acceptors (Lipinski definition) is 5. The summed E-state index contributed by atoms with van der Waals surface area (Å²) < 4.78 is 2.63. The number of tetrazole rings is 1. The molecule has 8 heteroatoms. The monoisotopic (exact) mass is 439 g/mol. The van der Waals surface area contributed by atoms with Crippen molar-refractivity contribution >= 4 is 50.1 Å². The van der Waals surface area contributed by atoms with E-state index >= 15 is 0 Å². The second kappa shape index (κ2) is 7.89. The molecule has 0 aliphatic rings. The number of nitrogens with zero attached hydrogens (tertiary/aromatic N) is 4. The number of thioether (sulfide) groups is 1. The summed E-state index contributed by atoms with van der Waals surface area (Å²) in [5.74, 6) is 0.0936. The van der Waals surface area contributed by atoms with Crippen LogP contribution >= 0.6 is 27.7 Å². The van der Waals surface area contributed by atoms with Crippen molar-refractivity contribution in [2.75, 3.05) is 11.1 Å². The molecule has 3 aromatic carbocycles. The molecule has 4 aromatic rings. The van der Waals surface area contributed by atoms with Crippen molar-refractivity contribution in [3.8, 4) is 5.69 Å². The van der Waals surface area contributed by atoms with Crippen molar-refractivity contribution in [1.82, 2.24) is 20.2 Å². The van der Waals surface area contributed by atoms with E-state index in [-0.39, 0.29) is 11.7 Å². The number of anilines is 1. The maximum Gasteiger partial charge on any atom is 0.234 e. The summed E-state index contributed by atoms with van der Waals surface area (Å²) in [4.78, 5) is 12.2. The first-order valence-corrected chi connectivity index (χ1v) is 9.93. The quantitative estimate of drug-likeness (QED) is 0.469. The van der Waals surface area contributed by atoms with Gasteiger partial charge in [0, 0.05) is 15.5 Å². The summed E-state index contributed by atoms with van der Waals surface area (Å²) in [5.41, 5.74) is 1.63. The van der Waals surface area contributed by atoms with Crippen molar-refractivity contribution in [3.05, 3.63) is 71.2 Å². The van der Waals surface area contributed by atoms with Gasteiger partial charge >= 0.3 is 0 Å². The Balaban J connectivity index is 1.51. The van der Waals surface area contributed by atoms with E-state index in [0.29, 0.717) is 5.16 Å². The molecule has 1 heterocycles. The SMILES string of the molecule is O=C(CSc1nnnn1-c1cccc2ccccc12)Nc1ccc(Br)cc1. The summed E-state index contributed by atoms with van der Waals surface area (Å²) in [6.45, 7) is 0. The normalized spacial score (nSPS) is 10.9. The van der Waals surface area contributed by atoms with Gasteiger partial charge in [-0.3, -0.25) is 4.79 Å². The number of nitrogens with one attached hydrogen (secondary N) is 1. The van der Waals surface area contributed by atoms with Crippen LogP contribution in [0.3, 0.4) is 0 Å². The van der Waals surface area contributed by atoms with E-state index in [4.69, 9.17) is 0 Å². The lowest BCUT2D eigenvalue weighted by atomic mass is 10.1. The van der Waals surface area contributed by atoms with Crippen molar-refractivity contribution in [3.63, 3.8) is 0 Å². The zero-order valence-electron chi connectivity index (χ0n) is 14.0. The number of amides is 1. The third-order valence-corrected chi connectivity index (χ3v) is 5.34. The summed E-state index contributed by atoms with van der Waals surface area (Å²) in [5, 5.41) is 17.5. The minimum absolute atomic E-state index is 0.116. The minimum Gasteiger partial charge on any atom is -0.325 e. The molecule has 0 aliphatic heterocycles. The fourth-order valence-electron chi connectivity index (χ4n) is 2.67. The fourth-order valence-corrected chi connectivity index (χ4v) is 3.62. The molecule has 0 aliphatic carbocycles. The van der Waals surface area contributed by atoms with E-state index in [9.17, 15) is 4.79 Å². The Morgan fingerprint density at radius 3 is 2.67 bits per heavy atom. The van der Waals surface area contributed by atoms with Crippen LogP contribution in [0.5, 0.6) is 0 Å². The van der Waals surface area contributed by atoms with Crippen LogP contribution in [0.25, 0.3) is 16.5 Å². The Hall–Kier alpha value is -2.71. The smallest absolute Gasteiger partial charge is 0.234 e. The Morgan fingerprint density at radius 1 is 1.04 bits per heavy atom. The van der Waals surface area contributed by atoms with E-state index in [0.717, 1.165) is 26.6 Å². The van der Waals surface area contributed by atoms with E-state index in [1.165, 1.54) is 11.8 Å². The molecule has 1 amide bonds. The van der Waals surface area contributed by atoms with Crippen molar-refractivity contribution in [1.29, 1.82) is 0 Å². The lowest BCUT2D eigenvalue weighted by molar-refractivity contribution is -0.113. The highest BCUT2D eigenvalue weighted by Crippen LogP contribution is 2.25. The highest BCUT2D eigenvalue weighted by atomic mass is 79.9. The van der Waals surface area contributed by atoms with Crippen LogP contribution in [0.15, 0.2) is 76.4 Å². The lowest BCUT2D eigenvalue weighted by Gasteiger charge is -2.08. The first kappa shape index (κ1) is 17.7. The molecule has 0 atom stereocenters. The molecule has 27 heavy (non-hydrogen) atoms. The third kappa shape index (κ3) is 4.01. The maximum absolute atomic E-state index is 12.2. The van der Waals surface area contributed by atoms with Gasteiger partial charge in [0.05, 0.1) is 11.4 Å². The van der Waals surface area contributed by atoms with E-state index < -0.39 is 0 Å². The summed E-state index contributed by atoms with van der Waals surface area (Å²) >= 11 is 4.67. The molecule has 0 saturated carbocycles. The predicted molar refractivity (Wildman–Crippen MR) is 110 cm³/mol. The zero-order valence-corrected chi connectivity index (χ0v) is 16.4. The molecule has 1 N–H and O–H groups in total. The van der Waals surface area contributed by atoms with Crippen molar-refractivity contribution in [2.24, 2.45) is 0 Å². The second-order valence-electron chi connectivity index (χ2n) is 5.72. The van der Waals surface area contributed by atoms with Crippen LogP contribution in [0.4, 0.5) is 5.69 Å². The summed E-state index contributed by atoms with van der Waals surface area (Å²) in [6, 6.07) is 21.5. The van der Waals surface area contributed by atoms with Crippen LogP contribution in [-0.4, -0.2) is 31.9 Å². The minimum atomic E-state index is -0.116. The van der Waals surface area contributed by atoms with Gasteiger partial charge in [0.25, 0.3) is 0 Å². The second-order valence-corrected chi connectivity index (χ2v) is 7.57. The molecular formula is C19H14BrN5OS. The van der Waals surface area contributed by atoms with Gasteiger partial charge in [-0.1, -0.05) is 64.1 Å². The van der Waals surface area contributed by atoms with E-state index in [2.05, 4.69) is 36.8 Å². The number of benzene rings is 3. The highest BCUT2D eigenvalue weighted by molar-refractivity contribution is 9.10. The molecule has 0 fully saturated rings. The summed E-state index contributed by atoms with van der Waals surface area (Å²) in [7, 11) is 0. The van der Waals surface area contributed by atoms with Crippen LogP contribution in [0.1, 0.15) is 0 Å². The van der Waals surface area contributed by atoms with Gasteiger partial charge in [0.15, 0.2) is 0 Å². The fraction of sp³-hybridized carbons (Fsp3) is 0.0526. The molecule has 6 nitrogen and oxygen atoms in total. The predicted octanol–water partition coefficient (Wildman–Crippen LogP) is 4.31. The molecule has 0 radical (unpaired) electrons. The molecule has 0 spiro atoms. The third-order valence-electron chi connectivity index (χ3n) is 3.90. The standard InChI is InChI=1S/C19H14BrN5OS/c20-14-8-10-15(11-9-14)21-18(26)12-27-19-22-23-24-25(19)17-7-3-5-13-4-1-2-6-16(13)17/h1-11H,12H2,(H,21,26). The largest absolute Gasteiger partial charge is 0.325 e. The Morgan fingerprint density at radius 2 is 1.81 bits per heavy atom. The van der Waals surface area contributed by atoms with Gasteiger partial charge < -0.3 is 5.32 Å². The molecule has 0 bridgehead atoms. The number of aromatic nitrogens is 4. The highest BCUT2D eigenvalue weighted by Gasteiger charge is 2.13. The van der Waals surface area contributed by atoms with Gasteiger partial charge in [-0.15, -0.1) is 5.10 Å². The topological polar surface area (TPSA) is 72.7 Å². The maximum atomic E-state index is 12.2. The van der Waals surface area contributed by atoms with Crippen LogP contribution in [-0.2, 0) is 4.79 Å². The van der Waals surface area contributed by atoms with Gasteiger partial charge in [0.1, 0.15) is 0 Å². The average molecular weight is 440 g/mol. The molecule has 1 aromatic heterocycles. The number of hydrogen-bond donors (Lipinski definition) is 1. The lowest BCUT2D eigenvalue weighted by Crippen LogP contribution is -2.14. The number of rotatable bonds is 5. The summed E-state index contributed by atoms with van der Waals surface area (Å²) in [6.07, 6.45) is 0. The zero-order chi connectivity index (χ0) is 18.6. The van der Waals surface area contributed by atoms with Crippen LogP contribution < -0.4 is 5.32 Å².